The van der Waals surface area contributed by atoms with Crippen LogP contribution in [0.3, 0.4) is 0 Å². The van der Waals surface area contributed by atoms with Crippen LogP contribution in [0.5, 0.6) is 5.75 Å². The lowest BCUT2D eigenvalue weighted by Gasteiger charge is -2.36. The molecule has 0 amide bonds. The van der Waals surface area contributed by atoms with Crippen LogP contribution in [0.2, 0.25) is 0 Å². The summed E-state index contributed by atoms with van der Waals surface area (Å²) in [4.78, 5) is 12.3. The van der Waals surface area contributed by atoms with Crippen LogP contribution in [-0.2, 0) is 16.8 Å². The molecule has 1 aromatic carbocycles. The number of hydrogen-bond donors (Lipinski definition) is 2. The fourth-order valence-corrected chi connectivity index (χ4v) is 3.81. The van der Waals surface area contributed by atoms with Gasteiger partial charge in [-0.3, -0.25) is 0 Å². The van der Waals surface area contributed by atoms with Crippen molar-refractivity contribution in [2.24, 2.45) is 15.7 Å². The smallest absolute Gasteiger partial charge is 0.425 e. The summed E-state index contributed by atoms with van der Waals surface area (Å²) in [5, 5.41) is 2.90. The summed E-state index contributed by atoms with van der Waals surface area (Å²) in [7, 11) is 0. The van der Waals surface area contributed by atoms with Crippen molar-refractivity contribution in [3.8, 4) is 5.75 Å². The van der Waals surface area contributed by atoms with Gasteiger partial charge in [0, 0.05) is 18.5 Å². The predicted octanol–water partition coefficient (Wildman–Crippen LogP) is 4.56. The predicted molar refractivity (Wildman–Crippen MR) is 115 cm³/mol. The Kier molecular flexibility index (Phi) is 6.67. The Morgan fingerprint density at radius 2 is 1.95 bits per heavy atom. The van der Waals surface area contributed by atoms with Gasteiger partial charge in [-0.25, -0.2) is 28.1 Å². The molecule has 2 aliphatic heterocycles. The number of rotatable bonds is 6. The van der Waals surface area contributed by atoms with E-state index in [4.69, 9.17) is 5.73 Å². The zero-order valence-electron chi connectivity index (χ0n) is 18.9. The van der Waals surface area contributed by atoms with Gasteiger partial charge >= 0.3 is 18.5 Å². The van der Waals surface area contributed by atoms with Crippen molar-refractivity contribution in [1.29, 1.82) is 0 Å². The fourth-order valence-electron chi connectivity index (χ4n) is 3.81. The Morgan fingerprint density at radius 1 is 1.22 bits per heavy atom. The molecule has 0 spiro atoms. The van der Waals surface area contributed by atoms with E-state index in [1.165, 1.54) is 25.1 Å². The molecule has 2 aromatic rings. The van der Waals surface area contributed by atoms with E-state index >= 15 is 0 Å². The maximum absolute atomic E-state index is 15.0. The maximum Gasteiger partial charge on any atom is 0.425 e. The minimum absolute atomic E-state index is 0.0856. The normalized spacial score (nSPS) is 21.9. The monoisotopic (exact) mass is 537 g/mol. The number of halogens is 8. The third kappa shape index (κ3) is 5.54. The number of ether oxygens (including phenoxy) is 2. The van der Waals surface area contributed by atoms with Crippen molar-refractivity contribution in [2.75, 3.05) is 6.61 Å². The number of nitrogens with one attached hydrogen (secondary N) is 1. The number of pyridine rings is 1. The Hall–Kier alpha value is -3.65. The van der Waals surface area contributed by atoms with Crippen LogP contribution in [0.15, 0.2) is 40.4 Å². The minimum atomic E-state index is -4.75. The van der Waals surface area contributed by atoms with Gasteiger partial charge in [-0.15, -0.1) is 0 Å². The van der Waals surface area contributed by atoms with Crippen molar-refractivity contribution in [1.82, 2.24) is 10.3 Å². The van der Waals surface area contributed by atoms with Crippen molar-refractivity contribution in [3.63, 3.8) is 0 Å². The van der Waals surface area contributed by atoms with Crippen LogP contribution in [0.1, 0.15) is 30.2 Å². The number of benzene rings is 1. The molecule has 4 rings (SSSR count). The first-order chi connectivity index (χ1) is 17.2. The summed E-state index contributed by atoms with van der Waals surface area (Å²) in [5.74, 6) is -5.14. The van der Waals surface area contributed by atoms with Gasteiger partial charge < -0.3 is 20.5 Å². The molecule has 3 heterocycles. The highest BCUT2D eigenvalue weighted by Crippen LogP contribution is 2.42. The van der Waals surface area contributed by atoms with Gasteiger partial charge in [-0.05, 0) is 36.8 Å². The van der Waals surface area contributed by atoms with E-state index in [1.54, 1.807) is 0 Å². The molecule has 0 saturated carbocycles. The molecular formula is C22H19F8N5O2. The first kappa shape index (κ1) is 26.4. The lowest BCUT2D eigenvalue weighted by molar-refractivity contribution is -0.208. The molecular weight excluding hydrogens is 518 g/mol. The van der Waals surface area contributed by atoms with Crippen LogP contribution in [-0.4, -0.2) is 48.1 Å². The second-order valence-electron chi connectivity index (χ2n) is 8.58. The average Bonchev–Trinajstić information content (AvgIpc) is 2.81. The van der Waals surface area contributed by atoms with Crippen LogP contribution >= 0.6 is 0 Å². The lowest BCUT2D eigenvalue weighted by Crippen LogP contribution is -2.46. The van der Waals surface area contributed by atoms with Crippen LogP contribution in [0, 0.1) is 5.82 Å². The van der Waals surface area contributed by atoms with E-state index in [0.29, 0.717) is 5.56 Å². The van der Waals surface area contributed by atoms with Crippen LogP contribution in [0.4, 0.5) is 40.8 Å². The quantitative estimate of drug-likeness (QED) is 0.527. The van der Waals surface area contributed by atoms with Crippen molar-refractivity contribution < 1.29 is 44.6 Å². The molecule has 0 fully saturated rings. The van der Waals surface area contributed by atoms with Crippen molar-refractivity contribution in [3.05, 3.63) is 53.1 Å². The highest BCUT2D eigenvalue weighted by Gasteiger charge is 2.50. The number of fused-ring (bicyclic) bond motifs is 1. The number of aromatic nitrogens is 1. The molecule has 2 atom stereocenters. The van der Waals surface area contributed by atoms with Gasteiger partial charge in [0.15, 0.2) is 18.5 Å². The number of hydrogen-bond acceptors (Lipinski definition) is 7. The van der Waals surface area contributed by atoms with Crippen molar-refractivity contribution in [2.45, 2.75) is 50.1 Å². The molecule has 200 valence electrons. The summed E-state index contributed by atoms with van der Waals surface area (Å²) in [6.45, 7) is -0.156. The summed E-state index contributed by atoms with van der Waals surface area (Å²) < 4.78 is 115. The topological polar surface area (TPSA) is 94.1 Å². The van der Waals surface area contributed by atoms with E-state index in [2.05, 4.69) is 29.8 Å². The number of amidine groups is 2. The van der Waals surface area contributed by atoms with E-state index < -0.39 is 55.0 Å². The lowest BCUT2D eigenvalue weighted by atomic mass is 9.84. The SMILES string of the molecule is CC1(c2cc3c(cc2F)CNC(c2ccc(OCC(F)(F)C(F)F)cn2)=N3)C[C@@H](C(F)(F)F)OC(N)=N1. The largest absolute Gasteiger partial charge is 0.485 e. The molecule has 15 heteroatoms. The summed E-state index contributed by atoms with van der Waals surface area (Å²) in [5.41, 5.74) is 4.44. The molecule has 0 aliphatic carbocycles. The maximum atomic E-state index is 15.0. The molecule has 1 aromatic heterocycles. The first-order valence-corrected chi connectivity index (χ1v) is 10.7. The van der Waals surface area contributed by atoms with Gasteiger partial charge in [0.2, 0.25) is 0 Å². The number of nitrogens with two attached hydrogens (primary N) is 1. The zero-order chi connectivity index (χ0) is 27.2. The minimum Gasteiger partial charge on any atom is -0.485 e. The molecule has 7 nitrogen and oxygen atoms in total. The van der Waals surface area contributed by atoms with Gasteiger partial charge in [-0.2, -0.15) is 22.0 Å². The third-order valence-electron chi connectivity index (χ3n) is 5.72. The van der Waals surface area contributed by atoms with E-state index in [-0.39, 0.29) is 35.1 Å². The Balaban J connectivity index is 1.60. The molecule has 0 radical (unpaired) electrons. The molecule has 37 heavy (non-hydrogen) atoms. The van der Waals surface area contributed by atoms with Gasteiger partial charge in [0.1, 0.15) is 17.3 Å². The van der Waals surface area contributed by atoms with E-state index in [0.717, 1.165) is 12.3 Å². The van der Waals surface area contributed by atoms with Gasteiger partial charge in [-0.1, -0.05) is 0 Å². The average molecular weight is 537 g/mol. The van der Waals surface area contributed by atoms with E-state index in [1.807, 2.05) is 0 Å². The van der Waals surface area contributed by atoms with Gasteiger partial charge in [0.05, 0.1) is 17.4 Å². The number of nitrogens with zero attached hydrogens (tertiary/aromatic N) is 3. The highest BCUT2D eigenvalue weighted by atomic mass is 19.4. The summed E-state index contributed by atoms with van der Waals surface area (Å²) in [6, 6.07) is 4.22. The van der Waals surface area contributed by atoms with E-state index in [9.17, 15) is 35.1 Å². The first-order valence-electron chi connectivity index (χ1n) is 10.7. The fraction of sp³-hybridized carbons (Fsp3) is 0.409. The molecule has 0 saturated heterocycles. The molecule has 2 aliphatic rings. The second kappa shape index (κ2) is 9.34. The van der Waals surface area contributed by atoms with Crippen LogP contribution in [0.25, 0.3) is 0 Å². The Bertz CT molecular complexity index is 1230. The molecule has 1 unspecified atom stereocenters. The summed E-state index contributed by atoms with van der Waals surface area (Å²) in [6.07, 6.45) is -10.6. The Morgan fingerprint density at radius 3 is 2.57 bits per heavy atom. The van der Waals surface area contributed by atoms with Crippen LogP contribution < -0.4 is 15.8 Å². The number of aliphatic imine (C=N–C) groups is 2. The number of alkyl halides is 7. The zero-order valence-corrected chi connectivity index (χ0v) is 18.9. The van der Waals surface area contributed by atoms with Gasteiger partial charge in [0.25, 0.3) is 6.02 Å². The standard InChI is InChI=1S/C22H19F8N5O2/c1-20(6-16(22(28,29)30)37-19(31)35-20)12-5-15-10(4-13(12)23)7-33-17(34-15)14-3-2-11(8-32-14)36-9-21(26,27)18(24)25/h2-5,8,16,18H,6-7,9H2,1H3,(H2,31,35)(H,33,34)/t16-,20?/m0/s1. The summed E-state index contributed by atoms with van der Waals surface area (Å²) >= 11 is 0. The molecule has 3 N–H and O–H groups in total. The molecule has 0 bridgehead atoms. The highest BCUT2D eigenvalue weighted by molar-refractivity contribution is 5.99. The van der Waals surface area contributed by atoms with Crippen molar-refractivity contribution >= 4 is 17.5 Å². The second-order valence-corrected chi connectivity index (χ2v) is 8.58. The Labute approximate surface area is 204 Å². The third-order valence-corrected chi connectivity index (χ3v) is 5.72.